The lowest BCUT2D eigenvalue weighted by molar-refractivity contribution is -0.148. The van der Waals surface area contributed by atoms with Crippen LogP contribution in [0, 0.1) is 0 Å². The molecule has 0 rings (SSSR count). The molecule has 0 spiro atoms. The number of aliphatic hydroxyl groups is 1. The third-order valence-corrected chi connectivity index (χ3v) is 8.96. The third kappa shape index (κ3) is 17.0. The van der Waals surface area contributed by atoms with E-state index < -0.39 is 57.3 Å². The molecule has 220 valence electrons. The number of carbonyl (C=O) groups is 4. The molecule has 7 N–H and O–H groups in total. The minimum atomic E-state index is -1.29. The fourth-order valence-electron chi connectivity index (χ4n) is 1.91. The number of hydrogen-bond donors (Lipinski definition) is 6. The van der Waals surface area contributed by atoms with Crippen molar-refractivity contribution in [2.75, 3.05) is 18.8 Å². The van der Waals surface area contributed by atoms with Crippen molar-refractivity contribution in [1.29, 1.82) is 0 Å². The number of hydrogen-bond acceptors (Lipinski definition) is 10. The number of carboxylic acids is 3. The molecule has 0 saturated heterocycles. The van der Waals surface area contributed by atoms with Crippen LogP contribution in [0.15, 0.2) is 0 Å². The van der Waals surface area contributed by atoms with Crippen LogP contribution < -0.4 is 11.1 Å². The van der Waals surface area contributed by atoms with Crippen LogP contribution in [0.4, 0.5) is 4.79 Å². The van der Waals surface area contributed by atoms with Crippen LogP contribution >= 0.6 is 35.3 Å². The van der Waals surface area contributed by atoms with Crippen molar-refractivity contribution in [3.8, 4) is 0 Å². The first-order chi connectivity index (χ1) is 16.3. The monoisotopic (exact) mass is 590 g/mol. The second-order valence-electron chi connectivity index (χ2n) is 10.4. The minimum absolute atomic E-state index is 0.383. The van der Waals surface area contributed by atoms with E-state index >= 15 is 0 Å². The Kier molecular flexibility index (Phi) is 18.0. The van der Waals surface area contributed by atoms with Crippen molar-refractivity contribution in [2.24, 2.45) is 5.73 Å². The molecule has 1 unspecified atom stereocenters. The maximum Gasteiger partial charge on any atom is 0.408 e. The fraction of sp³-hybridized carbons (Fsp3) is 0.826. The summed E-state index contributed by atoms with van der Waals surface area (Å²) in [7, 11) is 0. The van der Waals surface area contributed by atoms with Gasteiger partial charge in [0.05, 0.1) is 0 Å². The van der Waals surface area contributed by atoms with Crippen LogP contribution in [-0.2, 0) is 19.1 Å². The van der Waals surface area contributed by atoms with Gasteiger partial charge in [0.25, 0.3) is 0 Å². The number of nitrogens with two attached hydrogens (primary N) is 1. The first kappa shape index (κ1) is 40.2. The molecule has 0 aromatic heterocycles. The Bertz CT molecular complexity index is 722. The van der Waals surface area contributed by atoms with Crippen LogP contribution in [0.1, 0.15) is 62.3 Å². The van der Waals surface area contributed by atoms with Crippen LogP contribution in [0.2, 0.25) is 0 Å². The Morgan fingerprint density at radius 2 is 1.08 bits per heavy atom. The molecule has 0 aliphatic carbocycles. The smallest absolute Gasteiger partial charge is 0.408 e. The lowest BCUT2D eigenvalue weighted by Crippen LogP contribution is -2.53. The molecule has 1 amide bonds. The summed E-state index contributed by atoms with van der Waals surface area (Å²) in [4.78, 5) is 43.3. The SMILES string of the molecule is CSC(C)(C)C(O)C(=O)O.CSC(C)(C)[C@H](N)C(=O)O.CSC(C)(C)[C@H](NC(=O)OC(C)(C)C)C(=O)O. The molecule has 0 aromatic carbocycles. The largest absolute Gasteiger partial charge is 0.480 e. The van der Waals surface area contributed by atoms with E-state index in [1.54, 1.807) is 61.0 Å². The highest BCUT2D eigenvalue weighted by atomic mass is 32.2. The standard InChI is InChI=1S/C11H21NO4S.C6H13NO2S.C6H12O3S/c1-10(2,3)16-9(15)12-7(8(13)14)11(4,5)17-6;2*1-6(2,10-3)4(7)5(8)9/h7H,1-6H3,(H,12,15)(H,13,14);4H,7H2,1-3H3,(H,8,9);4,7H,1-3H3,(H,8,9)/t7-;4-;/m11./s1. The number of ether oxygens (including phenoxy) is 1. The summed E-state index contributed by atoms with van der Waals surface area (Å²) in [6, 6.07) is -1.78. The molecular formula is C23H46N2O9S3. The fourth-order valence-corrected chi connectivity index (χ4v) is 2.98. The maximum atomic E-state index is 11.5. The normalized spacial score (nSPS) is 14.4. The van der Waals surface area contributed by atoms with Crippen molar-refractivity contribution < 1.29 is 44.3 Å². The second kappa shape index (κ2) is 16.6. The minimum Gasteiger partial charge on any atom is -0.480 e. The number of rotatable bonds is 10. The highest BCUT2D eigenvalue weighted by Gasteiger charge is 2.37. The summed E-state index contributed by atoms with van der Waals surface area (Å²) in [6.45, 7) is 15.7. The van der Waals surface area contributed by atoms with Crippen molar-refractivity contribution in [2.45, 2.75) is 100 Å². The molecular weight excluding hydrogens is 544 g/mol. The average molecular weight is 591 g/mol. The van der Waals surface area contributed by atoms with Gasteiger partial charge in [0.1, 0.15) is 17.7 Å². The predicted molar refractivity (Wildman–Crippen MR) is 153 cm³/mol. The van der Waals surface area contributed by atoms with Gasteiger partial charge in [-0.2, -0.15) is 35.3 Å². The number of carbonyl (C=O) groups excluding carboxylic acids is 1. The van der Waals surface area contributed by atoms with Crippen molar-refractivity contribution in [3.63, 3.8) is 0 Å². The van der Waals surface area contributed by atoms with Crippen molar-refractivity contribution in [1.82, 2.24) is 5.32 Å². The van der Waals surface area contributed by atoms with E-state index in [9.17, 15) is 19.2 Å². The van der Waals surface area contributed by atoms with Crippen LogP contribution in [0.3, 0.4) is 0 Å². The number of alkyl carbamates (subject to hydrolysis) is 1. The molecule has 11 nitrogen and oxygen atoms in total. The van der Waals surface area contributed by atoms with E-state index in [4.69, 9.17) is 30.9 Å². The molecule has 0 heterocycles. The van der Waals surface area contributed by atoms with E-state index in [2.05, 4.69) is 5.32 Å². The van der Waals surface area contributed by atoms with Crippen LogP contribution in [0.5, 0.6) is 0 Å². The van der Waals surface area contributed by atoms with E-state index in [1.807, 2.05) is 20.1 Å². The first-order valence-corrected chi connectivity index (χ1v) is 14.8. The average Bonchev–Trinajstić information content (AvgIpc) is 2.75. The molecule has 0 fully saturated rings. The number of carboxylic acid groups (broad SMARTS) is 3. The van der Waals surface area contributed by atoms with Gasteiger partial charge in [0.2, 0.25) is 0 Å². The van der Waals surface area contributed by atoms with Gasteiger partial charge < -0.3 is 36.2 Å². The Hall–Kier alpha value is -1.35. The first-order valence-electron chi connectivity index (χ1n) is 11.1. The summed E-state index contributed by atoms with van der Waals surface area (Å²) in [6.07, 6.45) is 3.41. The summed E-state index contributed by atoms with van der Waals surface area (Å²) < 4.78 is 3.44. The zero-order chi connectivity index (χ0) is 30.6. The zero-order valence-electron chi connectivity index (χ0n) is 23.9. The van der Waals surface area contributed by atoms with Crippen molar-refractivity contribution in [3.05, 3.63) is 0 Å². The maximum absolute atomic E-state index is 11.5. The Morgan fingerprint density at radius 1 is 0.703 bits per heavy atom. The van der Waals surface area contributed by atoms with Crippen molar-refractivity contribution >= 4 is 59.3 Å². The number of amides is 1. The Labute approximate surface area is 233 Å². The van der Waals surface area contributed by atoms with Gasteiger partial charge in [0, 0.05) is 14.2 Å². The highest BCUT2D eigenvalue weighted by molar-refractivity contribution is 8.00. The van der Waals surface area contributed by atoms with E-state index in [1.165, 1.54) is 35.3 Å². The van der Waals surface area contributed by atoms with E-state index in [0.717, 1.165) is 0 Å². The molecule has 37 heavy (non-hydrogen) atoms. The highest BCUT2D eigenvalue weighted by Crippen LogP contribution is 2.27. The summed E-state index contributed by atoms with van der Waals surface area (Å²) in [5.41, 5.74) is 4.74. The van der Waals surface area contributed by atoms with Gasteiger partial charge in [-0.1, -0.05) is 0 Å². The summed E-state index contributed by atoms with van der Waals surface area (Å²) in [5.74, 6) is -3.19. The predicted octanol–water partition coefficient (Wildman–Crippen LogP) is 3.22. The summed E-state index contributed by atoms with van der Waals surface area (Å²) >= 11 is 4.16. The molecule has 0 radical (unpaired) electrons. The lowest BCUT2D eigenvalue weighted by Gasteiger charge is -2.31. The number of nitrogens with one attached hydrogen (secondary N) is 1. The van der Waals surface area contributed by atoms with E-state index in [-0.39, 0.29) is 4.75 Å². The molecule has 0 bridgehead atoms. The van der Waals surface area contributed by atoms with Gasteiger partial charge in [-0.05, 0) is 81.1 Å². The van der Waals surface area contributed by atoms with Crippen LogP contribution in [-0.4, -0.2) is 101 Å². The van der Waals surface area contributed by atoms with Gasteiger partial charge in [-0.3, -0.25) is 4.79 Å². The van der Waals surface area contributed by atoms with Crippen LogP contribution in [0.25, 0.3) is 0 Å². The topological polar surface area (TPSA) is 196 Å². The zero-order valence-corrected chi connectivity index (χ0v) is 26.3. The van der Waals surface area contributed by atoms with Gasteiger partial charge in [0.15, 0.2) is 6.10 Å². The molecule has 0 aromatic rings. The Balaban J connectivity index is -0.000000499. The molecule has 14 heteroatoms. The third-order valence-electron chi connectivity index (χ3n) is 5.09. The quantitative estimate of drug-likeness (QED) is 0.217. The number of aliphatic carboxylic acids is 3. The number of aliphatic hydroxyl groups excluding tert-OH is 1. The van der Waals surface area contributed by atoms with Gasteiger partial charge >= 0.3 is 24.0 Å². The molecule has 0 aliphatic heterocycles. The second-order valence-corrected chi connectivity index (χ2v) is 14.8. The molecule has 0 saturated carbocycles. The summed E-state index contributed by atoms with van der Waals surface area (Å²) in [5, 5.41) is 37.4. The van der Waals surface area contributed by atoms with E-state index in [0.29, 0.717) is 0 Å². The van der Waals surface area contributed by atoms with Gasteiger partial charge in [-0.25, -0.2) is 14.4 Å². The van der Waals surface area contributed by atoms with Gasteiger partial charge in [-0.15, -0.1) is 0 Å². The Morgan fingerprint density at radius 3 is 1.27 bits per heavy atom. The lowest BCUT2D eigenvalue weighted by atomic mass is 10.0. The number of thioether (sulfide) groups is 3. The molecule has 0 aliphatic rings. The molecule has 3 atom stereocenters.